The van der Waals surface area contributed by atoms with Crippen LogP contribution in [0, 0.1) is 34.5 Å². The fourth-order valence-electron chi connectivity index (χ4n) is 6.54. The zero-order chi connectivity index (χ0) is 35.4. The molecule has 1 aliphatic heterocycles. The quantitative estimate of drug-likeness (QED) is 0.112. The highest BCUT2D eigenvalue weighted by atomic mass is 16.5. The molecule has 0 spiro atoms. The van der Waals surface area contributed by atoms with E-state index in [2.05, 4.69) is 22.5 Å². The Kier molecular flexibility index (Phi) is 12.3. The summed E-state index contributed by atoms with van der Waals surface area (Å²) in [6.45, 7) is 18.9. The lowest BCUT2D eigenvalue weighted by Crippen LogP contribution is -2.62. The van der Waals surface area contributed by atoms with E-state index in [0.717, 1.165) is 25.7 Å². The smallest absolute Gasteiger partial charge is 0.329 e. The minimum Gasteiger partial charge on any atom is -0.460 e. The number of hydrogen-bond donors (Lipinski definition) is 4. The number of nitrogens with zero attached hydrogens (tertiary/aromatic N) is 1. The summed E-state index contributed by atoms with van der Waals surface area (Å²) in [4.78, 5) is 80.8. The lowest BCUT2D eigenvalue weighted by atomic mass is 9.74. The second-order valence-corrected chi connectivity index (χ2v) is 15.7. The number of likely N-dealkylation sites (tertiary alicyclic amines) is 1. The molecule has 12 nitrogen and oxygen atoms in total. The summed E-state index contributed by atoms with van der Waals surface area (Å²) in [5, 5.41) is 8.25. The Hall–Kier alpha value is -3.44. The van der Waals surface area contributed by atoms with Crippen LogP contribution in [0.4, 0.5) is 4.79 Å². The number of rotatable bonds is 16. The molecule has 2 saturated carbocycles. The Bertz CT molecular complexity index is 1210. The van der Waals surface area contributed by atoms with Gasteiger partial charge < -0.3 is 31.3 Å². The Morgan fingerprint density at radius 1 is 0.936 bits per heavy atom. The second kappa shape index (κ2) is 15.2. The van der Waals surface area contributed by atoms with E-state index in [4.69, 9.17) is 10.5 Å². The van der Waals surface area contributed by atoms with Crippen LogP contribution in [0.3, 0.4) is 0 Å². The number of nitrogens with two attached hydrogens (primary N) is 1. The highest BCUT2D eigenvalue weighted by Gasteiger charge is 2.51. The van der Waals surface area contributed by atoms with Gasteiger partial charge in [0.2, 0.25) is 17.6 Å². The molecule has 2 aliphatic carbocycles. The van der Waals surface area contributed by atoms with Crippen molar-refractivity contribution < 1.29 is 33.5 Å². The zero-order valence-electron chi connectivity index (χ0n) is 29.5. The Labute approximate surface area is 279 Å². The van der Waals surface area contributed by atoms with E-state index in [1.54, 1.807) is 26.8 Å². The number of allylic oxidation sites excluding steroid dienone is 1. The molecule has 0 aromatic heterocycles. The Balaban J connectivity index is 1.83. The molecule has 2 unspecified atom stereocenters. The fourth-order valence-corrected chi connectivity index (χ4v) is 6.54. The number of primary amides is 1. The number of urea groups is 1. The fraction of sp³-hybridized carbons (Fsp3) is 0.771. The van der Waals surface area contributed by atoms with E-state index in [1.165, 1.54) is 4.90 Å². The molecule has 0 aromatic rings. The average Bonchev–Trinajstić information content (AvgIpc) is 3.93. The molecule has 1 saturated heterocycles. The molecule has 3 aliphatic rings. The lowest BCUT2D eigenvalue weighted by Gasteiger charge is -2.39. The lowest BCUT2D eigenvalue weighted by molar-refractivity contribution is -0.155. The molecule has 0 bridgehead atoms. The van der Waals surface area contributed by atoms with E-state index in [0.29, 0.717) is 24.7 Å². The number of esters is 1. The van der Waals surface area contributed by atoms with Crippen LogP contribution in [0.15, 0.2) is 12.7 Å². The standard InChI is InChI=1S/C35H57N5O7/c1-10-12-23(26(41)29(36)42)37-30(43)25-22(35(8,9)11-2)17-18-40(25)31(44)28(34(5,6)7)39-33(46)38-24(19(3)4)32(45)47-27(20-13-14-20)21-15-16-21/h11,19-25,27-28H,2,10,12-18H2,1,3-9H3,(H2,36,42)(H,37,43)(H2,38,39,46)/t22?,23?,24-,25-,28+/m0/s1. The predicted molar refractivity (Wildman–Crippen MR) is 177 cm³/mol. The molecule has 5 N–H and O–H groups in total. The monoisotopic (exact) mass is 659 g/mol. The maximum atomic E-state index is 14.4. The highest BCUT2D eigenvalue weighted by Crippen LogP contribution is 2.46. The van der Waals surface area contributed by atoms with Gasteiger partial charge in [-0.25, -0.2) is 9.59 Å². The number of hydrogen-bond acceptors (Lipinski definition) is 7. The summed E-state index contributed by atoms with van der Waals surface area (Å²) in [6.07, 6.45) is 7.00. The van der Waals surface area contributed by atoms with Crippen molar-refractivity contribution in [3.05, 3.63) is 12.7 Å². The van der Waals surface area contributed by atoms with Gasteiger partial charge in [-0.05, 0) is 73.0 Å². The van der Waals surface area contributed by atoms with Crippen molar-refractivity contribution in [2.45, 2.75) is 131 Å². The van der Waals surface area contributed by atoms with Crippen LogP contribution >= 0.6 is 0 Å². The maximum absolute atomic E-state index is 14.4. The Morgan fingerprint density at radius 3 is 1.96 bits per heavy atom. The average molecular weight is 660 g/mol. The molecule has 12 heteroatoms. The molecule has 3 fully saturated rings. The molecular weight excluding hydrogens is 602 g/mol. The molecule has 0 radical (unpaired) electrons. The van der Waals surface area contributed by atoms with Crippen molar-refractivity contribution in [3.63, 3.8) is 0 Å². The topological polar surface area (TPSA) is 177 Å². The van der Waals surface area contributed by atoms with Gasteiger partial charge in [0.05, 0.1) is 6.04 Å². The van der Waals surface area contributed by atoms with Crippen LogP contribution in [0.1, 0.15) is 100 Å². The predicted octanol–water partition coefficient (Wildman–Crippen LogP) is 3.23. The van der Waals surface area contributed by atoms with Crippen molar-refractivity contribution >= 4 is 35.5 Å². The maximum Gasteiger partial charge on any atom is 0.329 e. The van der Waals surface area contributed by atoms with Crippen LogP contribution in [-0.2, 0) is 28.7 Å². The number of carbonyl (C=O) groups is 6. The van der Waals surface area contributed by atoms with Gasteiger partial charge in [-0.3, -0.25) is 19.2 Å². The van der Waals surface area contributed by atoms with Crippen LogP contribution < -0.4 is 21.7 Å². The minimum absolute atomic E-state index is 0.112. The number of amides is 5. The van der Waals surface area contributed by atoms with E-state index < -0.39 is 70.5 Å². The third-order valence-electron chi connectivity index (χ3n) is 9.91. The first-order chi connectivity index (χ1) is 21.8. The van der Waals surface area contributed by atoms with Gasteiger partial charge in [-0.1, -0.05) is 67.9 Å². The van der Waals surface area contributed by atoms with Gasteiger partial charge in [-0.15, -0.1) is 6.58 Å². The van der Waals surface area contributed by atoms with E-state index in [1.807, 2.05) is 34.6 Å². The van der Waals surface area contributed by atoms with E-state index in [-0.39, 0.29) is 30.9 Å². The third kappa shape index (κ3) is 9.56. The summed E-state index contributed by atoms with van der Waals surface area (Å²) in [5.74, 6) is -3.42. The number of carbonyl (C=O) groups excluding carboxylic acids is 6. The van der Waals surface area contributed by atoms with Gasteiger partial charge in [0, 0.05) is 6.54 Å². The molecule has 3 rings (SSSR count). The largest absolute Gasteiger partial charge is 0.460 e. The number of ketones is 1. The van der Waals surface area contributed by atoms with Crippen LogP contribution in [0.5, 0.6) is 0 Å². The van der Waals surface area contributed by atoms with Gasteiger partial charge in [0.15, 0.2) is 0 Å². The molecule has 5 atom stereocenters. The molecule has 264 valence electrons. The Morgan fingerprint density at radius 2 is 1.51 bits per heavy atom. The number of nitrogens with one attached hydrogen (secondary N) is 3. The molecule has 47 heavy (non-hydrogen) atoms. The van der Waals surface area contributed by atoms with Crippen molar-refractivity contribution in [1.82, 2.24) is 20.9 Å². The van der Waals surface area contributed by atoms with Gasteiger partial charge in [0.25, 0.3) is 5.91 Å². The van der Waals surface area contributed by atoms with E-state index >= 15 is 0 Å². The van der Waals surface area contributed by atoms with Gasteiger partial charge in [0.1, 0.15) is 24.2 Å². The SMILES string of the molecule is C=CC(C)(C)C1CCN(C(=O)[C@@H](NC(=O)N[C@H](C(=O)OC(C2CC2)C2CC2)C(C)C)C(C)(C)C)[C@@H]1C(=O)NC(CCC)C(=O)C(N)=O. The van der Waals surface area contributed by atoms with Crippen molar-refractivity contribution in [2.75, 3.05) is 6.54 Å². The minimum atomic E-state index is -1.15. The molecule has 0 aromatic carbocycles. The summed E-state index contributed by atoms with van der Waals surface area (Å²) in [5.41, 5.74) is 3.90. The summed E-state index contributed by atoms with van der Waals surface area (Å²) in [7, 11) is 0. The third-order valence-corrected chi connectivity index (χ3v) is 9.91. The van der Waals surface area contributed by atoms with E-state index in [9.17, 15) is 28.8 Å². The van der Waals surface area contributed by atoms with Gasteiger partial charge >= 0.3 is 12.0 Å². The second-order valence-electron chi connectivity index (χ2n) is 15.7. The van der Waals surface area contributed by atoms with Crippen LogP contribution in [-0.4, -0.2) is 77.2 Å². The van der Waals surface area contributed by atoms with Crippen molar-refractivity contribution in [2.24, 2.45) is 40.2 Å². The highest BCUT2D eigenvalue weighted by molar-refractivity contribution is 6.37. The summed E-state index contributed by atoms with van der Waals surface area (Å²) >= 11 is 0. The van der Waals surface area contributed by atoms with Crippen molar-refractivity contribution in [3.8, 4) is 0 Å². The normalized spacial score (nSPS) is 21.9. The molecule has 5 amide bonds. The summed E-state index contributed by atoms with van der Waals surface area (Å²) in [6, 6.07) is -4.81. The first-order valence-corrected chi connectivity index (χ1v) is 17.2. The number of Topliss-reactive ketones (excluding diaryl/α,β-unsaturated/α-hetero) is 1. The van der Waals surface area contributed by atoms with Crippen LogP contribution in [0.25, 0.3) is 0 Å². The van der Waals surface area contributed by atoms with Gasteiger partial charge in [-0.2, -0.15) is 0 Å². The first-order valence-electron chi connectivity index (χ1n) is 17.2. The molecule has 1 heterocycles. The zero-order valence-corrected chi connectivity index (χ0v) is 29.5. The van der Waals surface area contributed by atoms with Crippen molar-refractivity contribution in [1.29, 1.82) is 0 Å². The first kappa shape index (κ1) is 38.0. The van der Waals surface area contributed by atoms with Crippen LogP contribution in [0.2, 0.25) is 0 Å². The number of ether oxygens (including phenoxy) is 1. The molecular formula is C35H57N5O7. The summed E-state index contributed by atoms with van der Waals surface area (Å²) < 4.78 is 5.94.